The molecule has 1 saturated heterocycles. The van der Waals surface area contributed by atoms with Gasteiger partial charge in [0.15, 0.2) is 0 Å². The van der Waals surface area contributed by atoms with Crippen LogP contribution in [0.25, 0.3) is 0 Å². The number of nitrogens with zero attached hydrogens (tertiary/aromatic N) is 1. The molecule has 20 heavy (non-hydrogen) atoms. The Morgan fingerprint density at radius 1 is 1.25 bits per heavy atom. The van der Waals surface area contributed by atoms with Crippen molar-refractivity contribution in [2.24, 2.45) is 5.73 Å². The highest BCUT2D eigenvalue weighted by Crippen LogP contribution is 2.31. The summed E-state index contributed by atoms with van der Waals surface area (Å²) < 4.78 is 0. The summed E-state index contributed by atoms with van der Waals surface area (Å²) in [5.74, 6) is 0.0902. The fourth-order valence-corrected chi connectivity index (χ4v) is 3.48. The molecule has 1 aromatic rings. The van der Waals surface area contributed by atoms with Gasteiger partial charge in [0.05, 0.1) is 6.42 Å². The number of carbonyl (C=O) groups excluding carboxylic acids is 1. The number of benzene rings is 1. The number of nitrogens with two attached hydrogens (primary N) is 1. The Morgan fingerprint density at radius 2 is 2.00 bits per heavy atom. The summed E-state index contributed by atoms with van der Waals surface area (Å²) in [7, 11) is 0. The van der Waals surface area contributed by atoms with E-state index in [-0.39, 0.29) is 18.0 Å². The van der Waals surface area contributed by atoms with Gasteiger partial charge in [-0.25, -0.2) is 0 Å². The zero-order valence-electron chi connectivity index (χ0n) is 12.1. The standard InChI is InChI=1S/C16H23N3O/c1-11(17)16(19-7-3-2-4-8-19)12-5-6-14-13(9-12)10-15(20)18-14/h5-6,9,11,16H,2-4,7-8,10,17H2,1H3,(H,18,20). The molecule has 4 nitrogen and oxygen atoms in total. The Labute approximate surface area is 120 Å². The predicted octanol–water partition coefficient (Wildman–Crippen LogP) is 2.06. The second-order valence-corrected chi connectivity index (χ2v) is 6.04. The van der Waals surface area contributed by atoms with E-state index in [9.17, 15) is 4.79 Å². The number of nitrogens with one attached hydrogen (secondary N) is 1. The van der Waals surface area contributed by atoms with Crippen LogP contribution in [-0.4, -0.2) is 29.9 Å². The minimum absolute atomic E-state index is 0.0902. The van der Waals surface area contributed by atoms with Crippen molar-refractivity contribution in [3.05, 3.63) is 29.3 Å². The highest BCUT2D eigenvalue weighted by molar-refractivity contribution is 5.99. The summed E-state index contributed by atoms with van der Waals surface area (Å²) in [5, 5.41) is 2.89. The topological polar surface area (TPSA) is 58.4 Å². The molecule has 4 heteroatoms. The van der Waals surface area contributed by atoms with E-state index < -0.39 is 0 Å². The predicted molar refractivity (Wildman–Crippen MR) is 80.6 cm³/mol. The summed E-state index contributed by atoms with van der Waals surface area (Å²) in [6.07, 6.45) is 4.34. The molecular formula is C16H23N3O. The minimum atomic E-state index is 0.0902. The largest absolute Gasteiger partial charge is 0.326 e. The van der Waals surface area contributed by atoms with E-state index in [0.29, 0.717) is 6.42 Å². The first kappa shape index (κ1) is 13.6. The average molecular weight is 273 g/mol. The lowest BCUT2D eigenvalue weighted by atomic mass is 9.94. The van der Waals surface area contributed by atoms with Gasteiger partial charge in [-0.1, -0.05) is 18.6 Å². The molecule has 0 aromatic heterocycles. The monoisotopic (exact) mass is 273 g/mol. The minimum Gasteiger partial charge on any atom is -0.326 e. The zero-order chi connectivity index (χ0) is 14.1. The number of likely N-dealkylation sites (tertiary alicyclic amines) is 1. The van der Waals surface area contributed by atoms with Crippen molar-refractivity contribution in [2.75, 3.05) is 18.4 Å². The highest BCUT2D eigenvalue weighted by atomic mass is 16.1. The van der Waals surface area contributed by atoms with Gasteiger partial charge < -0.3 is 11.1 Å². The Bertz CT molecular complexity index is 506. The molecule has 0 spiro atoms. The molecule has 1 amide bonds. The molecule has 3 N–H and O–H groups in total. The summed E-state index contributed by atoms with van der Waals surface area (Å²) in [6, 6.07) is 6.66. The first-order valence-electron chi connectivity index (χ1n) is 7.57. The number of anilines is 1. The van der Waals surface area contributed by atoms with Crippen LogP contribution in [0.3, 0.4) is 0 Å². The van der Waals surface area contributed by atoms with Crippen molar-refractivity contribution in [2.45, 2.75) is 44.7 Å². The number of amides is 1. The maximum Gasteiger partial charge on any atom is 0.228 e. The van der Waals surface area contributed by atoms with Gasteiger partial charge in [-0.05, 0) is 50.0 Å². The Kier molecular flexibility index (Phi) is 3.76. The highest BCUT2D eigenvalue weighted by Gasteiger charge is 2.27. The van der Waals surface area contributed by atoms with Crippen molar-refractivity contribution in [3.63, 3.8) is 0 Å². The molecule has 2 heterocycles. The van der Waals surface area contributed by atoms with Crippen LogP contribution in [0, 0.1) is 0 Å². The van der Waals surface area contributed by atoms with E-state index in [1.807, 2.05) is 6.07 Å². The summed E-state index contributed by atoms with van der Waals surface area (Å²) >= 11 is 0. The average Bonchev–Trinajstić information content (AvgIpc) is 2.79. The third kappa shape index (κ3) is 2.58. The van der Waals surface area contributed by atoms with E-state index in [1.54, 1.807) is 0 Å². The fourth-order valence-electron chi connectivity index (χ4n) is 3.48. The Balaban J connectivity index is 1.88. The number of hydrogen-bond acceptors (Lipinski definition) is 3. The van der Waals surface area contributed by atoms with E-state index in [1.165, 1.54) is 24.8 Å². The van der Waals surface area contributed by atoms with Crippen LogP contribution in [0.15, 0.2) is 18.2 Å². The quantitative estimate of drug-likeness (QED) is 0.886. The Hall–Kier alpha value is -1.39. The van der Waals surface area contributed by atoms with E-state index in [0.717, 1.165) is 24.3 Å². The molecule has 0 radical (unpaired) electrons. The number of piperidine rings is 1. The third-order valence-electron chi connectivity index (χ3n) is 4.38. The van der Waals surface area contributed by atoms with Gasteiger partial charge in [0.2, 0.25) is 5.91 Å². The molecule has 1 fully saturated rings. The van der Waals surface area contributed by atoms with Crippen LogP contribution >= 0.6 is 0 Å². The van der Waals surface area contributed by atoms with Crippen LogP contribution < -0.4 is 11.1 Å². The van der Waals surface area contributed by atoms with Crippen LogP contribution in [0.4, 0.5) is 5.69 Å². The van der Waals surface area contributed by atoms with Gasteiger partial charge in [-0.2, -0.15) is 0 Å². The van der Waals surface area contributed by atoms with Crippen molar-refractivity contribution in [1.82, 2.24) is 4.90 Å². The van der Waals surface area contributed by atoms with E-state index in [4.69, 9.17) is 5.73 Å². The number of hydrogen-bond donors (Lipinski definition) is 2. The fraction of sp³-hybridized carbons (Fsp3) is 0.562. The van der Waals surface area contributed by atoms with Crippen LogP contribution in [0.1, 0.15) is 43.4 Å². The van der Waals surface area contributed by atoms with Gasteiger partial charge >= 0.3 is 0 Å². The molecule has 108 valence electrons. The molecular weight excluding hydrogens is 250 g/mol. The number of fused-ring (bicyclic) bond motifs is 1. The molecule has 3 rings (SSSR count). The summed E-state index contributed by atoms with van der Waals surface area (Å²) in [5.41, 5.74) is 9.56. The lowest BCUT2D eigenvalue weighted by Gasteiger charge is -2.37. The van der Waals surface area contributed by atoms with Crippen molar-refractivity contribution < 1.29 is 4.79 Å². The van der Waals surface area contributed by atoms with Crippen molar-refractivity contribution >= 4 is 11.6 Å². The normalized spacial score (nSPS) is 22.2. The number of carbonyl (C=O) groups is 1. The van der Waals surface area contributed by atoms with Gasteiger partial charge in [0, 0.05) is 17.8 Å². The van der Waals surface area contributed by atoms with Crippen molar-refractivity contribution in [3.8, 4) is 0 Å². The molecule has 2 aliphatic heterocycles. The van der Waals surface area contributed by atoms with Crippen LogP contribution in [0.5, 0.6) is 0 Å². The second-order valence-electron chi connectivity index (χ2n) is 6.04. The summed E-state index contributed by atoms with van der Waals surface area (Å²) in [6.45, 7) is 4.33. The first-order chi connectivity index (χ1) is 9.65. The Morgan fingerprint density at radius 3 is 2.70 bits per heavy atom. The maximum absolute atomic E-state index is 11.5. The number of rotatable bonds is 3. The smallest absolute Gasteiger partial charge is 0.228 e. The molecule has 2 atom stereocenters. The molecule has 0 aliphatic carbocycles. The van der Waals surface area contributed by atoms with Gasteiger partial charge in [0.1, 0.15) is 0 Å². The molecule has 0 bridgehead atoms. The second kappa shape index (κ2) is 5.54. The summed E-state index contributed by atoms with van der Waals surface area (Å²) in [4.78, 5) is 14.0. The molecule has 1 aromatic carbocycles. The molecule has 0 saturated carbocycles. The molecule has 2 aliphatic rings. The van der Waals surface area contributed by atoms with Crippen LogP contribution in [-0.2, 0) is 11.2 Å². The first-order valence-corrected chi connectivity index (χ1v) is 7.57. The van der Waals surface area contributed by atoms with Gasteiger partial charge in [0.25, 0.3) is 0 Å². The maximum atomic E-state index is 11.5. The lowest BCUT2D eigenvalue weighted by molar-refractivity contribution is -0.115. The zero-order valence-corrected chi connectivity index (χ0v) is 12.1. The van der Waals surface area contributed by atoms with Gasteiger partial charge in [-0.3, -0.25) is 9.69 Å². The third-order valence-corrected chi connectivity index (χ3v) is 4.38. The SMILES string of the molecule is CC(N)C(c1ccc2c(c1)CC(=O)N2)N1CCCCC1. The van der Waals surface area contributed by atoms with Crippen molar-refractivity contribution in [1.29, 1.82) is 0 Å². The molecule has 2 unspecified atom stereocenters. The van der Waals surface area contributed by atoms with Crippen LogP contribution in [0.2, 0.25) is 0 Å². The lowest BCUT2D eigenvalue weighted by Crippen LogP contribution is -2.42. The van der Waals surface area contributed by atoms with E-state index >= 15 is 0 Å². The van der Waals surface area contributed by atoms with E-state index in [2.05, 4.69) is 29.3 Å². The van der Waals surface area contributed by atoms with Gasteiger partial charge in [-0.15, -0.1) is 0 Å².